The Morgan fingerprint density at radius 1 is 0.941 bits per heavy atom. The van der Waals surface area contributed by atoms with Gasteiger partial charge in [0, 0.05) is 11.3 Å². The third-order valence-electron chi connectivity index (χ3n) is 4.46. The first-order chi connectivity index (χ1) is 16.5. The molecule has 3 rings (SSSR count). The first kappa shape index (κ1) is 25.1. The van der Waals surface area contributed by atoms with Gasteiger partial charge in [-0.3, -0.25) is 9.59 Å². The number of hydrazone groups is 1. The van der Waals surface area contributed by atoms with E-state index in [4.69, 9.17) is 32.7 Å². The summed E-state index contributed by atoms with van der Waals surface area (Å²) in [6.45, 7) is 2.88. The Balaban J connectivity index is 1.53. The van der Waals surface area contributed by atoms with Crippen LogP contribution in [0.4, 0.5) is 5.69 Å². The van der Waals surface area contributed by atoms with Gasteiger partial charge in [0.1, 0.15) is 18.1 Å². The maximum Gasteiger partial charge on any atom is 0.329 e. The second-order valence-electron chi connectivity index (χ2n) is 7.10. The van der Waals surface area contributed by atoms with Crippen LogP contribution in [-0.2, 0) is 16.2 Å². The van der Waals surface area contributed by atoms with Gasteiger partial charge in [-0.25, -0.2) is 5.43 Å². The molecule has 0 unspecified atom stereocenters. The summed E-state index contributed by atoms with van der Waals surface area (Å²) in [5.41, 5.74) is 4.14. The summed E-state index contributed by atoms with van der Waals surface area (Å²) < 4.78 is 11.3. The third kappa shape index (κ3) is 7.50. The first-order valence-electron chi connectivity index (χ1n) is 10.5. The number of amides is 2. The van der Waals surface area contributed by atoms with Crippen molar-refractivity contribution in [2.75, 3.05) is 11.9 Å². The van der Waals surface area contributed by atoms with Crippen molar-refractivity contribution in [1.82, 2.24) is 5.43 Å². The van der Waals surface area contributed by atoms with Crippen molar-refractivity contribution in [2.45, 2.75) is 20.0 Å². The lowest BCUT2D eigenvalue weighted by molar-refractivity contribution is -0.136. The number of carbonyl (C=O) groups excluding carboxylic acids is 2. The summed E-state index contributed by atoms with van der Waals surface area (Å²) in [5.74, 6) is -0.518. The van der Waals surface area contributed by atoms with E-state index in [1.54, 1.807) is 54.6 Å². The third-order valence-corrected chi connectivity index (χ3v) is 5.20. The maximum absolute atomic E-state index is 12.1. The van der Waals surface area contributed by atoms with Crippen molar-refractivity contribution in [1.29, 1.82) is 0 Å². The molecule has 0 radical (unpaired) electrons. The summed E-state index contributed by atoms with van der Waals surface area (Å²) in [6, 6.07) is 19.1. The number of hydrogen-bond acceptors (Lipinski definition) is 5. The van der Waals surface area contributed by atoms with Gasteiger partial charge < -0.3 is 14.8 Å². The fourth-order valence-electron chi connectivity index (χ4n) is 2.76. The summed E-state index contributed by atoms with van der Waals surface area (Å²) in [4.78, 5) is 24.2. The fraction of sp³-hybridized carbons (Fsp3) is 0.160. The number of halogens is 2. The number of nitrogens with one attached hydrogen (secondary N) is 2. The molecule has 0 saturated heterocycles. The van der Waals surface area contributed by atoms with E-state index in [-0.39, 0.29) is 6.61 Å². The largest absolute Gasteiger partial charge is 0.494 e. The molecular formula is C25H23Cl2N3O4. The molecule has 3 aromatic carbocycles. The van der Waals surface area contributed by atoms with Crippen LogP contribution in [0.2, 0.25) is 10.0 Å². The molecule has 2 amide bonds. The highest BCUT2D eigenvalue weighted by molar-refractivity contribution is 6.42. The molecule has 0 aliphatic rings. The molecule has 34 heavy (non-hydrogen) atoms. The average Bonchev–Trinajstić information content (AvgIpc) is 2.85. The highest BCUT2D eigenvalue weighted by Gasteiger charge is 2.13. The molecule has 0 aromatic heterocycles. The number of carbonyl (C=O) groups is 2. The first-order valence-corrected chi connectivity index (χ1v) is 11.2. The van der Waals surface area contributed by atoms with Crippen LogP contribution in [0.25, 0.3) is 0 Å². The molecule has 0 heterocycles. The molecule has 0 aliphatic heterocycles. The predicted octanol–water partition coefficient (Wildman–Crippen LogP) is 5.45. The number of benzene rings is 3. The lowest BCUT2D eigenvalue weighted by Crippen LogP contribution is -2.32. The van der Waals surface area contributed by atoms with E-state index in [1.807, 2.05) is 19.1 Å². The monoisotopic (exact) mass is 499 g/mol. The Morgan fingerprint density at radius 3 is 2.44 bits per heavy atom. The molecule has 0 fully saturated rings. The van der Waals surface area contributed by atoms with Gasteiger partial charge >= 0.3 is 11.8 Å². The van der Waals surface area contributed by atoms with E-state index < -0.39 is 11.8 Å². The van der Waals surface area contributed by atoms with Crippen LogP contribution in [0.1, 0.15) is 24.5 Å². The zero-order chi connectivity index (χ0) is 24.3. The highest BCUT2D eigenvalue weighted by atomic mass is 35.5. The fourth-order valence-corrected chi connectivity index (χ4v) is 3.08. The van der Waals surface area contributed by atoms with Crippen molar-refractivity contribution in [2.24, 2.45) is 5.10 Å². The molecular weight excluding hydrogens is 477 g/mol. The highest BCUT2D eigenvalue weighted by Crippen LogP contribution is 2.24. The van der Waals surface area contributed by atoms with E-state index >= 15 is 0 Å². The molecule has 9 heteroatoms. The minimum absolute atomic E-state index is 0.263. The molecule has 0 bridgehead atoms. The summed E-state index contributed by atoms with van der Waals surface area (Å²) in [6.07, 6.45) is 2.29. The number of hydrogen-bond donors (Lipinski definition) is 2. The van der Waals surface area contributed by atoms with Gasteiger partial charge in [0.15, 0.2) is 0 Å². The van der Waals surface area contributed by atoms with Crippen LogP contribution in [0.15, 0.2) is 71.8 Å². The minimum atomic E-state index is -0.906. The molecule has 3 aromatic rings. The van der Waals surface area contributed by atoms with Gasteiger partial charge in [-0.15, -0.1) is 0 Å². The average molecular weight is 500 g/mol. The smallest absolute Gasteiger partial charge is 0.329 e. The van der Waals surface area contributed by atoms with Crippen LogP contribution >= 0.6 is 23.2 Å². The zero-order valence-electron chi connectivity index (χ0n) is 18.4. The predicted molar refractivity (Wildman–Crippen MR) is 134 cm³/mol. The summed E-state index contributed by atoms with van der Waals surface area (Å²) in [7, 11) is 0. The van der Waals surface area contributed by atoms with Crippen LogP contribution in [0.5, 0.6) is 11.5 Å². The molecule has 176 valence electrons. The van der Waals surface area contributed by atoms with E-state index in [9.17, 15) is 9.59 Å². The lowest BCUT2D eigenvalue weighted by atomic mass is 10.2. The van der Waals surface area contributed by atoms with E-state index in [0.29, 0.717) is 39.4 Å². The lowest BCUT2D eigenvalue weighted by Gasteiger charge is -2.10. The Morgan fingerprint density at radius 2 is 1.71 bits per heavy atom. The number of para-hydroxylation sites is 1. The Labute approximate surface area is 207 Å². The van der Waals surface area contributed by atoms with Gasteiger partial charge in [-0.05, 0) is 60.5 Å². The van der Waals surface area contributed by atoms with Crippen molar-refractivity contribution in [3.8, 4) is 11.5 Å². The molecule has 2 N–H and O–H groups in total. The van der Waals surface area contributed by atoms with E-state index in [1.165, 1.54) is 6.21 Å². The minimum Gasteiger partial charge on any atom is -0.494 e. The van der Waals surface area contributed by atoms with Gasteiger partial charge in [0.05, 0.1) is 22.9 Å². The number of anilines is 1. The standard InChI is InChI=1S/C25H23Cl2N3O4/c1-2-13-33-20-10-8-19(9-11-20)29-24(31)25(32)30-28-15-18-5-3-4-6-23(18)34-16-17-7-12-21(26)22(27)14-17/h3-12,14-15H,2,13,16H2,1H3,(H,29,31)(H,30,32)/b28-15-. The van der Waals surface area contributed by atoms with Gasteiger partial charge in [0.2, 0.25) is 0 Å². The van der Waals surface area contributed by atoms with Gasteiger partial charge in [-0.2, -0.15) is 5.10 Å². The SMILES string of the molecule is CCCOc1ccc(NC(=O)C(=O)N/N=C\c2ccccc2OCc2ccc(Cl)c(Cl)c2)cc1. The Kier molecular flexibility index (Phi) is 9.31. The Hall–Kier alpha value is -3.55. The van der Waals surface area contributed by atoms with E-state index in [2.05, 4.69) is 15.8 Å². The summed E-state index contributed by atoms with van der Waals surface area (Å²) in [5, 5.41) is 7.29. The Bertz CT molecular complexity index is 1170. The van der Waals surface area contributed by atoms with Crippen molar-refractivity contribution in [3.05, 3.63) is 87.9 Å². The molecule has 0 atom stereocenters. The maximum atomic E-state index is 12.1. The molecule has 7 nitrogen and oxygen atoms in total. The zero-order valence-corrected chi connectivity index (χ0v) is 19.9. The van der Waals surface area contributed by atoms with E-state index in [0.717, 1.165) is 12.0 Å². The molecule has 0 spiro atoms. The topological polar surface area (TPSA) is 89.0 Å². The molecule has 0 saturated carbocycles. The molecule has 0 aliphatic carbocycles. The van der Waals surface area contributed by atoms with Crippen molar-refractivity contribution in [3.63, 3.8) is 0 Å². The summed E-state index contributed by atoms with van der Waals surface area (Å²) >= 11 is 12.0. The van der Waals surface area contributed by atoms with Gasteiger partial charge in [0.25, 0.3) is 0 Å². The number of rotatable bonds is 9. The van der Waals surface area contributed by atoms with Gasteiger partial charge in [-0.1, -0.05) is 48.3 Å². The normalized spacial score (nSPS) is 10.7. The quantitative estimate of drug-likeness (QED) is 0.232. The van der Waals surface area contributed by atoms with Crippen LogP contribution in [0, 0.1) is 0 Å². The van der Waals surface area contributed by atoms with Crippen molar-refractivity contribution >= 4 is 46.9 Å². The van der Waals surface area contributed by atoms with Crippen LogP contribution < -0.4 is 20.2 Å². The van der Waals surface area contributed by atoms with Crippen LogP contribution in [0.3, 0.4) is 0 Å². The van der Waals surface area contributed by atoms with Crippen molar-refractivity contribution < 1.29 is 19.1 Å². The second kappa shape index (κ2) is 12.6. The second-order valence-corrected chi connectivity index (χ2v) is 7.92. The van der Waals surface area contributed by atoms with Crippen LogP contribution in [-0.4, -0.2) is 24.6 Å². The number of nitrogens with zero attached hydrogens (tertiary/aromatic N) is 1. The number of ether oxygens (including phenoxy) is 2.